The van der Waals surface area contributed by atoms with Crippen LogP contribution in [0.5, 0.6) is 0 Å². The molecule has 5 heteroatoms. The van der Waals surface area contributed by atoms with Crippen LogP contribution in [0.25, 0.3) is 0 Å². The van der Waals surface area contributed by atoms with Gasteiger partial charge >= 0.3 is 0 Å². The van der Waals surface area contributed by atoms with E-state index in [1.54, 1.807) is 16.9 Å². The van der Waals surface area contributed by atoms with Crippen LogP contribution in [0.1, 0.15) is 5.56 Å². The zero-order chi connectivity index (χ0) is 9.97. The van der Waals surface area contributed by atoms with Gasteiger partial charge in [0.2, 0.25) is 0 Å². The Bertz CT molecular complexity index is 440. The fourth-order valence-corrected chi connectivity index (χ4v) is 1.50. The molecule has 0 unspecified atom stereocenters. The van der Waals surface area contributed by atoms with Crippen LogP contribution in [-0.2, 0) is 6.54 Å². The maximum Gasteiger partial charge on any atom is 0.122 e. The van der Waals surface area contributed by atoms with Gasteiger partial charge in [-0.1, -0.05) is 23.7 Å². The van der Waals surface area contributed by atoms with Crippen LogP contribution in [0.3, 0.4) is 0 Å². The quantitative estimate of drug-likeness (QED) is 0.882. The topological polar surface area (TPSA) is 43.8 Å². The second-order valence-electron chi connectivity index (χ2n) is 3.04. The highest BCUT2D eigenvalue weighted by molar-refractivity contribution is 6.30. The maximum atomic E-state index is 5.86. The molecule has 1 aromatic heterocycles. The van der Waals surface area contributed by atoms with E-state index >= 15 is 0 Å². The fourth-order valence-electron chi connectivity index (χ4n) is 1.28. The Balaban J connectivity index is 0.00000112. The highest BCUT2D eigenvalue weighted by Crippen LogP contribution is 2.12. The summed E-state index contributed by atoms with van der Waals surface area (Å²) in [5.74, 6) is 0.657. The smallest absolute Gasteiger partial charge is 0.122 e. The van der Waals surface area contributed by atoms with Gasteiger partial charge in [-0.3, -0.25) is 0 Å². The summed E-state index contributed by atoms with van der Waals surface area (Å²) in [6.45, 7) is 0.652. The molecule has 0 atom stereocenters. The molecule has 0 amide bonds. The zero-order valence-electron chi connectivity index (χ0n) is 7.93. The van der Waals surface area contributed by atoms with Gasteiger partial charge in [0.05, 0.1) is 12.7 Å². The van der Waals surface area contributed by atoms with Crippen LogP contribution in [0.2, 0.25) is 5.02 Å². The number of hydrogen-bond acceptors (Lipinski definition) is 2. The molecule has 0 aliphatic rings. The summed E-state index contributed by atoms with van der Waals surface area (Å²) >= 11 is 5.86. The molecule has 3 nitrogen and oxygen atoms in total. The van der Waals surface area contributed by atoms with Crippen molar-refractivity contribution in [2.75, 3.05) is 5.73 Å². The average molecular weight is 244 g/mol. The summed E-state index contributed by atoms with van der Waals surface area (Å²) in [6.07, 6.45) is 1.68. The number of halogens is 2. The standard InChI is InChI=1S/C10H10ClN3.ClH/c11-9-3-1-2-8(6-9)7-14-10(12)4-5-13-14;/h1-6H,7,12H2;1H. The van der Waals surface area contributed by atoms with Gasteiger partial charge in [-0.2, -0.15) is 5.10 Å². The van der Waals surface area contributed by atoms with E-state index in [1.165, 1.54) is 0 Å². The third-order valence-corrected chi connectivity index (χ3v) is 2.21. The average Bonchev–Trinajstić information content (AvgIpc) is 2.52. The van der Waals surface area contributed by atoms with E-state index in [0.717, 1.165) is 10.6 Å². The van der Waals surface area contributed by atoms with Crippen LogP contribution < -0.4 is 5.73 Å². The Morgan fingerprint density at radius 1 is 1.33 bits per heavy atom. The summed E-state index contributed by atoms with van der Waals surface area (Å²) in [6, 6.07) is 9.43. The number of rotatable bonds is 2. The minimum absolute atomic E-state index is 0. The molecule has 2 aromatic rings. The van der Waals surface area contributed by atoms with Gasteiger partial charge in [0.1, 0.15) is 5.82 Å². The predicted octanol–water partition coefficient (Wildman–Crippen LogP) is 2.59. The molecule has 0 aliphatic heterocycles. The van der Waals surface area contributed by atoms with Gasteiger partial charge in [0, 0.05) is 5.02 Å². The molecule has 0 radical (unpaired) electrons. The molecule has 0 saturated carbocycles. The number of nitrogens with two attached hydrogens (primary N) is 1. The van der Waals surface area contributed by atoms with Gasteiger partial charge in [-0.05, 0) is 23.8 Å². The summed E-state index contributed by atoms with van der Waals surface area (Å²) in [5, 5.41) is 4.82. The first-order chi connectivity index (χ1) is 6.75. The Morgan fingerprint density at radius 2 is 2.13 bits per heavy atom. The first-order valence-corrected chi connectivity index (χ1v) is 4.65. The minimum Gasteiger partial charge on any atom is -0.384 e. The lowest BCUT2D eigenvalue weighted by molar-refractivity contribution is 0.697. The van der Waals surface area contributed by atoms with Crippen molar-refractivity contribution in [2.45, 2.75) is 6.54 Å². The van der Waals surface area contributed by atoms with Crippen molar-refractivity contribution in [3.63, 3.8) is 0 Å². The first kappa shape index (κ1) is 11.9. The molecule has 2 N–H and O–H groups in total. The van der Waals surface area contributed by atoms with Crippen molar-refractivity contribution < 1.29 is 0 Å². The van der Waals surface area contributed by atoms with Gasteiger partial charge < -0.3 is 5.73 Å². The number of anilines is 1. The molecule has 1 heterocycles. The largest absolute Gasteiger partial charge is 0.384 e. The van der Waals surface area contributed by atoms with Crippen LogP contribution in [0.15, 0.2) is 36.5 Å². The fraction of sp³-hybridized carbons (Fsp3) is 0.100. The molecule has 0 aliphatic carbocycles. The second kappa shape index (κ2) is 5.05. The van der Waals surface area contributed by atoms with Crippen molar-refractivity contribution >= 4 is 29.8 Å². The Morgan fingerprint density at radius 3 is 2.73 bits per heavy atom. The van der Waals surface area contributed by atoms with Crippen LogP contribution in [0, 0.1) is 0 Å². The highest BCUT2D eigenvalue weighted by Gasteiger charge is 1.99. The molecule has 0 saturated heterocycles. The second-order valence-corrected chi connectivity index (χ2v) is 3.48. The van der Waals surface area contributed by atoms with E-state index in [-0.39, 0.29) is 12.4 Å². The molecular weight excluding hydrogens is 233 g/mol. The molecular formula is C10H11Cl2N3. The number of aromatic nitrogens is 2. The van der Waals surface area contributed by atoms with Gasteiger partial charge in [0.15, 0.2) is 0 Å². The van der Waals surface area contributed by atoms with Crippen molar-refractivity contribution in [1.82, 2.24) is 9.78 Å². The molecule has 0 spiro atoms. The van der Waals surface area contributed by atoms with Gasteiger partial charge in [-0.15, -0.1) is 12.4 Å². The van der Waals surface area contributed by atoms with Crippen molar-refractivity contribution in [3.05, 3.63) is 47.1 Å². The predicted molar refractivity (Wildman–Crippen MR) is 64.4 cm³/mol. The molecule has 0 fully saturated rings. The lowest BCUT2D eigenvalue weighted by atomic mass is 10.2. The maximum absolute atomic E-state index is 5.86. The number of hydrogen-bond donors (Lipinski definition) is 1. The van der Waals surface area contributed by atoms with E-state index in [1.807, 2.05) is 24.3 Å². The monoisotopic (exact) mass is 243 g/mol. The van der Waals surface area contributed by atoms with Crippen LogP contribution >= 0.6 is 24.0 Å². The number of nitrogens with zero attached hydrogens (tertiary/aromatic N) is 2. The Hall–Kier alpha value is -1.19. The normalized spacial score (nSPS) is 9.67. The summed E-state index contributed by atoms with van der Waals surface area (Å²) in [4.78, 5) is 0. The molecule has 1 aromatic carbocycles. The van der Waals surface area contributed by atoms with E-state index < -0.39 is 0 Å². The number of benzene rings is 1. The summed E-state index contributed by atoms with van der Waals surface area (Å²) < 4.78 is 1.73. The number of nitrogen functional groups attached to an aromatic ring is 1. The van der Waals surface area contributed by atoms with Gasteiger partial charge in [0.25, 0.3) is 0 Å². The molecule has 80 valence electrons. The van der Waals surface area contributed by atoms with Crippen LogP contribution in [-0.4, -0.2) is 9.78 Å². The van der Waals surface area contributed by atoms with Crippen molar-refractivity contribution in [1.29, 1.82) is 0 Å². The van der Waals surface area contributed by atoms with E-state index in [4.69, 9.17) is 17.3 Å². The summed E-state index contributed by atoms with van der Waals surface area (Å²) in [5.41, 5.74) is 6.78. The third kappa shape index (κ3) is 2.88. The SMILES string of the molecule is Cl.Nc1ccnn1Cc1cccc(Cl)c1. The van der Waals surface area contributed by atoms with E-state index in [2.05, 4.69) is 5.10 Å². The van der Waals surface area contributed by atoms with E-state index in [9.17, 15) is 0 Å². The Labute approximate surface area is 99.3 Å². The lowest BCUT2D eigenvalue weighted by Gasteiger charge is -2.04. The minimum atomic E-state index is 0. The van der Waals surface area contributed by atoms with Crippen LogP contribution in [0.4, 0.5) is 5.82 Å². The first-order valence-electron chi connectivity index (χ1n) is 4.27. The lowest BCUT2D eigenvalue weighted by Crippen LogP contribution is -2.05. The summed E-state index contributed by atoms with van der Waals surface area (Å²) in [7, 11) is 0. The van der Waals surface area contributed by atoms with Gasteiger partial charge in [-0.25, -0.2) is 4.68 Å². The highest BCUT2D eigenvalue weighted by atomic mass is 35.5. The Kier molecular flexibility index (Phi) is 4.00. The van der Waals surface area contributed by atoms with E-state index in [0.29, 0.717) is 12.4 Å². The van der Waals surface area contributed by atoms with Crippen molar-refractivity contribution in [3.8, 4) is 0 Å². The molecule has 15 heavy (non-hydrogen) atoms. The zero-order valence-corrected chi connectivity index (χ0v) is 9.50. The molecule has 2 rings (SSSR count). The molecule has 0 bridgehead atoms. The third-order valence-electron chi connectivity index (χ3n) is 1.97. The van der Waals surface area contributed by atoms with Crippen molar-refractivity contribution in [2.24, 2.45) is 0 Å².